The number of nitrogens with zero attached hydrogens (tertiary/aromatic N) is 1. The summed E-state index contributed by atoms with van der Waals surface area (Å²) in [6.45, 7) is 2.99. The lowest BCUT2D eigenvalue weighted by atomic mass is 10.0. The second-order valence-electron chi connectivity index (χ2n) is 5.97. The molecular weight excluding hydrogens is 299 g/mol. The van der Waals surface area contributed by atoms with Crippen molar-refractivity contribution in [3.8, 4) is 0 Å². The lowest BCUT2D eigenvalue weighted by Gasteiger charge is -2.26. The maximum Gasteiger partial charge on any atom is 0.419 e. The van der Waals surface area contributed by atoms with Crippen molar-refractivity contribution >= 4 is 15.7 Å². The summed E-state index contributed by atoms with van der Waals surface area (Å²) in [5.41, 5.74) is -2.95. The highest BCUT2D eigenvalue weighted by Crippen LogP contribution is 2.37. The van der Waals surface area contributed by atoms with E-state index in [9.17, 15) is 31.5 Å². The molecule has 118 valence electrons. The SMILES string of the molecule is CC(C)(C)S(=O)(=O)CC(=O)N1CC[C@@](O)(C(F)(F)F)C1. The first-order valence-electron chi connectivity index (χ1n) is 5.99. The number of rotatable bonds is 2. The highest BCUT2D eigenvalue weighted by Gasteiger charge is 2.58. The number of carbonyl (C=O) groups is 1. The maximum absolute atomic E-state index is 12.6. The Bertz CT molecular complexity index is 495. The number of β-amino-alcohol motifs (C(OH)–C–C–N with tert-alkyl or cyclic N) is 1. The monoisotopic (exact) mass is 317 g/mol. The molecule has 1 rings (SSSR count). The fourth-order valence-electron chi connectivity index (χ4n) is 1.71. The Labute approximate surface area is 115 Å². The summed E-state index contributed by atoms with van der Waals surface area (Å²) in [5, 5.41) is 9.44. The minimum absolute atomic E-state index is 0.311. The Kier molecular flexibility index (Phi) is 4.19. The van der Waals surface area contributed by atoms with E-state index in [2.05, 4.69) is 0 Å². The molecule has 0 radical (unpaired) electrons. The van der Waals surface area contributed by atoms with Crippen LogP contribution in [0.3, 0.4) is 0 Å². The molecule has 0 aromatic rings. The van der Waals surface area contributed by atoms with Gasteiger partial charge in [-0.3, -0.25) is 4.79 Å². The highest BCUT2D eigenvalue weighted by molar-refractivity contribution is 7.93. The molecule has 0 unspecified atom stereocenters. The van der Waals surface area contributed by atoms with Gasteiger partial charge in [-0.05, 0) is 20.8 Å². The molecule has 0 saturated carbocycles. The molecule has 1 aliphatic heterocycles. The van der Waals surface area contributed by atoms with Crippen LogP contribution in [0, 0.1) is 0 Å². The Balaban J connectivity index is 2.79. The number of aliphatic hydroxyl groups is 1. The van der Waals surface area contributed by atoms with Crippen molar-refractivity contribution in [1.29, 1.82) is 0 Å². The number of sulfone groups is 1. The van der Waals surface area contributed by atoms with Crippen LogP contribution in [0.15, 0.2) is 0 Å². The van der Waals surface area contributed by atoms with Gasteiger partial charge in [-0.1, -0.05) is 0 Å². The van der Waals surface area contributed by atoms with Crippen LogP contribution in [0.1, 0.15) is 27.2 Å². The first-order chi connectivity index (χ1) is 8.70. The smallest absolute Gasteiger partial charge is 0.379 e. The Morgan fingerprint density at radius 3 is 2.15 bits per heavy atom. The fourth-order valence-corrected chi connectivity index (χ4v) is 2.65. The average molecular weight is 317 g/mol. The van der Waals surface area contributed by atoms with E-state index in [4.69, 9.17) is 0 Å². The number of alkyl halides is 3. The lowest BCUT2D eigenvalue weighted by Crippen LogP contribution is -2.49. The van der Waals surface area contributed by atoms with Gasteiger partial charge in [0.1, 0.15) is 5.75 Å². The fraction of sp³-hybridized carbons (Fsp3) is 0.909. The molecule has 1 saturated heterocycles. The molecule has 1 fully saturated rings. The van der Waals surface area contributed by atoms with Gasteiger partial charge in [0.15, 0.2) is 15.4 Å². The molecule has 1 amide bonds. The van der Waals surface area contributed by atoms with Gasteiger partial charge in [-0.2, -0.15) is 13.2 Å². The second kappa shape index (κ2) is 4.87. The summed E-state index contributed by atoms with van der Waals surface area (Å²) in [6, 6.07) is 0. The molecule has 0 aromatic heterocycles. The molecule has 5 nitrogen and oxygen atoms in total. The van der Waals surface area contributed by atoms with E-state index in [0.717, 1.165) is 4.90 Å². The predicted molar refractivity (Wildman–Crippen MR) is 65.7 cm³/mol. The number of halogens is 3. The van der Waals surface area contributed by atoms with E-state index in [-0.39, 0.29) is 6.54 Å². The van der Waals surface area contributed by atoms with Gasteiger partial charge < -0.3 is 10.0 Å². The summed E-state index contributed by atoms with van der Waals surface area (Å²) in [6.07, 6.45) is -5.48. The van der Waals surface area contributed by atoms with E-state index >= 15 is 0 Å². The second-order valence-corrected chi connectivity index (χ2v) is 8.71. The molecule has 1 atom stereocenters. The van der Waals surface area contributed by atoms with Crippen molar-refractivity contribution in [3.63, 3.8) is 0 Å². The largest absolute Gasteiger partial charge is 0.419 e. The standard InChI is InChI=1S/C11H18F3NO4S/c1-9(2,3)20(18,19)6-8(16)15-5-4-10(17,7-15)11(12,13)14/h17H,4-7H2,1-3H3/t10-/m0/s1. The molecule has 9 heteroatoms. The van der Waals surface area contributed by atoms with Gasteiger partial charge in [-0.25, -0.2) is 8.42 Å². The molecule has 1 heterocycles. The van der Waals surface area contributed by atoms with Crippen LogP contribution in [0.2, 0.25) is 0 Å². The number of hydrogen-bond acceptors (Lipinski definition) is 4. The van der Waals surface area contributed by atoms with E-state index in [1.807, 2.05) is 0 Å². The first kappa shape index (κ1) is 17.2. The summed E-state index contributed by atoms with van der Waals surface area (Å²) >= 11 is 0. The van der Waals surface area contributed by atoms with Crippen LogP contribution < -0.4 is 0 Å². The van der Waals surface area contributed by atoms with Crippen LogP contribution in [0.4, 0.5) is 13.2 Å². The number of hydrogen-bond donors (Lipinski definition) is 1. The normalized spacial score (nSPS) is 25.1. The molecule has 0 aromatic carbocycles. The zero-order chi connectivity index (χ0) is 16.0. The van der Waals surface area contributed by atoms with Crippen LogP contribution in [-0.2, 0) is 14.6 Å². The quantitative estimate of drug-likeness (QED) is 0.814. The van der Waals surface area contributed by atoms with Crippen LogP contribution in [0.25, 0.3) is 0 Å². The number of carbonyl (C=O) groups excluding carboxylic acids is 1. The van der Waals surface area contributed by atoms with Gasteiger partial charge in [0.2, 0.25) is 5.91 Å². The van der Waals surface area contributed by atoms with E-state index in [1.165, 1.54) is 20.8 Å². The Hall–Kier alpha value is -0.830. The zero-order valence-electron chi connectivity index (χ0n) is 11.5. The highest BCUT2D eigenvalue weighted by atomic mass is 32.2. The van der Waals surface area contributed by atoms with Crippen molar-refractivity contribution in [1.82, 2.24) is 4.90 Å². The van der Waals surface area contributed by atoms with Crippen LogP contribution >= 0.6 is 0 Å². The third-order valence-electron chi connectivity index (χ3n) is 3.37. The van der Waals surface area contributed by atoms with Gasteiger partial charge in [0, 0.05) is 13.0 Å². The molecule has 0 bridgehead atoms. The van der Waals surface area contributed by atoms with Crippen molar-refractivity contribution in [2.24, 2.45) is 0 Å². The third-order valence-corrected chi connectivity index (χ3v) is 5.87. The molecule has 1 aliphatic rings. The summed E-state index contributed by atoms with van der Waals surface area (Å²) in [5.74, 6) is -1.77. The van der Waals surface area contributed by atoms with Crippen molar-refractivity contribution in [2.75, 3.05) is 18.8 Å². The van der Waals surface area contributed by atoms with Crippen LogP contribution in [-0.4, -0.2) is 59.7 Å². The van der Waals surface area contributed by atoms with Gasteiger partial charge in [0.05, 0.1) is 11.3 Å². The predicted octanol–water partition coefficient (Wildman–Crippen LogP) is 0.725. The summed E-state index contributed by atoms with van der Waals surface area (Å²) in [4.78, 5) is 12.5. The Morgan fingerprint density at radius 2 is 1.80 bits per heavy atom. The molecule has 20 heavy (non-hydrogen) atoms. The zero-order valence-corrected chi connectivity index (χ0v) is 12.3. The van der Waals surface area contributed by atoms with Gasteiger partial charge in [0.25, 0.3) is 0 Å². The summed E-state index contributed by atoms with van der Waals surface area (Å²) < 4.78 is 60.3. The minimum Gasteiger partial charge on any atom is -0.379 e. The average Bonchev–Trinajstić information content (AvgIpc) is 2.59. The summed E-state index contributed by atoms with van der Waals surface area (Å²) in [7, 11) is -3.76. The molecule has 0 aliphatic carbocycles. The van der Waals surface area contributed by atoms with Crippen molar-refractivity contribution in [2.45, 2.75) is 43.7 Å². The lowest BCUT2D eigenvalue weighted by molar-refractivity contribution is -0.253. The van der Waals surface area contributed by atoms with Crippen LogP contribution in [0.5, 0.6) is 0 Å². The maximum atomic E-state index is 12.6. The number of amides is 1. The van der Waals surface area contributed by atoms with E-state index in [0.29, 0.717) is 0 Å². The minimum atomic E-state index is -4.84. The Morgan fingerprint density at radius 1 is 1.30 bits per heavy atom. The van der Waals surface area contributed by atoms with E-state index in [1.54, 1.807) is 0 Å². The van der Waals surface area contributed by atoms with Gasteiger partial charge >= 0.3 is 6.18 Å². The molecule has 0 spiro atoms. The third kappa shape index (κ3) is 3.25. The topological polar surface area (TPSA) is 74.7 Å². The van der Waals surface area contributed by atoms with Gasteiger partial charge in [-0.15, -0.1) is 0 Å². The molecular formula is C11H18F3NO4S. The van der Waals surface area contributed by atoms with Crippen molar-refractivity contribution < 1.29 is 31.5 Å². The van der Waals surface area contributed by atoms with E-state index < -0.39 is 51.0 Å². The van der Waals surface area contributed by atoms with Crippen molar-refractivity contribution in [3.05, 3.63) is 0 Å². The first-order valence-corrected chi connectivity index (χ1v) is 7.64. The molecule has 1 N–H and O–H groups in total. The number of likely N-dealkylation sites (tertiary alicyclic amines) is 1.